The van der Waals surface area contributed by atoms with Crippen molar-refractivity contribution in [1.82, 2.24) is 15.3 Å². The van der Waals surface area contributed by atoms with Crippen LogP contribution >= 0.6 is 0 Å². The van der Waals surface area contributed by atoms with Gasteiger partial charge in [-0.05, 0) is 38.8 Å². The lowest BCUT2D eigenvalue weighted by atomic mass is 10.1. The van der Waals surface area contributed by atoms with Gasteiger partial charge < -0.3 is 10.1 Å². The van der Waals surface area contributed by atoms with Crippen molar-refractivity contribution in [2.24, 2.45) is 0 Å². The van der Waals surface area contributed by atoms with Crippen LogP contribution in [0.3, 0.4) is 0 Å². The summed E-state index contributed by atoms with van der Waals surface area (Å²) in [7, 11) is 0. The van der Waals surface area contributed by atoms with E-state index in [0.717, 1.165) is 49.6 Å². The highest BCUT2D eigenvalue weighted by atomic mass is 16.5. The van der Waals surface area contributed by atoms with Crippen LogP contribution in [0.15, 0.2) is 24.2 Å². The molecule has 2 rings (SSSR count). The van der Waals surface area contributed by atoms with Gasteiger partial charge >= 0.3 is 0 Å². The summed E-state index contributed by atoms with van der Waals surface area (Å²) in [4.78, 5) is 8.78. The maximum absolute atomic E-state index is 5.75. The van der Waals surface area contributed by atoms with Crippen LogP contribution in [0.5, 0.6) is 0 Å². The van der Waals surface area contributed by atoms with Crippen molar-refractivity contribution < 1.29 is 4.74 Å². The normalized spacial score (nSPS) is 16.9. The lowest BCUT2D eigenvalue weighted by Crippen LogP contribution is -2.27. The summed E-state index contributed by atoms with van der Waals surface area (Å²) in [6.45, 7) is 5.85. The Morgan fingerprint density at radius 2 is 2.28 bits per heavy atom. The molecule has 4 heteroatoms. The molecule has 0 saturated carbocycles. The number of aryl methyl sites for hydroxylation is 1. The average molecular weight is 247 g/mol. The number of allylic oxidation sites excluding steroid dienone is 1. The fraction of sp³-hybridized carbons (Fsp3) is 0.571. The fourth-order valence-electron chi connectivity index (χ4n) is 1.97. The van der Waals surface area contributed by atoms with Gasteiger partial charge in [0.1, 0.15) is 11.8 Å². The number of nitrogens with zero attached hydrogens (tertiary/aromatic N) is 2. The van der Waals surface area contributed by atoms with E-state index in [0.29, 0.717) is 0 Å². The molecule has 0 aliphatic carbocycles. The summed E-state index contributed by atoms with van der Waals surface area (Å²) in [5.74, 6) is 0.993. The number of hydrogen-bond acceptors (Lipinski definition) is 4. The summed E-state index contributed by atoms with van der Waals surface area (Å²) >= 11 is 0. The molecule has 0 fully saturated rings. The Labute approximate surface area is 108 Å². The van der Waals surface area contributed by atoms with Gasteiger partial charge in [0.05, 0.1) is 24.2 Å². The van der Waals surface area contributed by atoms with Gasteiger partial charge in [-0.15, -0.1) is 0 Å². The first-order chi connectivity index (χ1) is 8.81. The highest BCUT2D eigenvalue weighted by Crippen LogP contribution is 2.24. The molecule has 1 aromatic heterocycles. The maximum atomic E-state index is 5.75. The molecule has 1 unspecified atom stereocenters. The lowest BCUT2D eigenvalue weighted by Gasteiger charge is -2.24. The van der Waals surface area contributed by atoms with Crippen LogP contribution in [0, 0.1) is 6.92 Å². The molecule has 18 heavy (non-hydrogen) atoms. The molecule has 0 saturated heterocycles. The smallest absolute Gasteiger partial charge is 0.115 e. The third kappa shape index (κ3) is 3.29. The number of hydrogen-bond donors (Lipinski definition) is 1. The first kappa shape index (κ1) is 13.0. The fourth-order valence-corrected chi connectivity index (χ4v) is 1.97. The van der Waals surface area contributed by atoms with Crippen LogP contribution < -0.4 is 5.32 Å². The molecule has 0 spiro atoms. The molecule has 1 N–H and O–H groups in total. The Morgan fingerprint density at radius 3 is 2.89 bits per heavy atom. The van der Waals surface area contributed by atoms with E-state index < -0.39 is 0 Å². The second-order valence-corrected chi connectivity index (χ2v) is 4.57. The molecule has 0 amide bonds. The second kappa shape index (κ2) is 6.50. The molecular formula is C14H21N3O. The molecule has 0 aromatic carbocycles. The Balaban J connectivity index is 2.18. The van der Waals surface area contributed by atoms with E-state index in [1.807, 2.05) is 13.1 Å². The predicted octanol–water partition coefficient (Wildman–Crippen LogP) is 2.52. The van der Waals surface area contributed by atoms with Crippen LogP contribution in [0.4, 0.5) is 0 Å². The highest BCUT2D eigenvalue weighted by Gasteiger charge is 2.20. The molecule has 1 atom stereocenters. The van der Waals surface area contributed by atoms with Crippen LogP contribution in [0.2, 0.25) is 0 Å². The number of aromatic nitrogens is 2. The molecule has 1 aliphatic rings. The zero-order chi connectivity index (χ0) is 12.8. The minimum atomic E-state index is 0.0401. The van der Waals surface area contributed by atoms with Crippen molar-refractivity contribution in [2.45, 2.75) is 39.2 Å². The Kier molecular flexibility index (Phi) is 4.70. The third-order valence-corrected chi connectivity index (χ3v) is 2.94. The number of ether oxygens (including phenoxy) is 1. The largest absolute Gasteiger partial charge is 0.496 e. The second-order valence-electron chi connectivity index (χ2n) is 4.57. The van der Waals surface area contributed by atoms with E-state index in [1.54, 1.807) is 6.20 Å². The molecule has 2 heterocycles. The van der Waals surface area contributed by atoms with Crippen LogP contribution in [-0.2, 0) is 4.74 Å². The monoisotopic (exact) mass is 247 g/mol. The van der Waals surface area contributed by atoms with Crippen LogP contribution in [-0.4, -0.2) is 23.1 Å². The zero-order valence-corrected chi connectivity index (χ0v) is 11.1. The van der Waals surface area contributed by atoms with Gasteiger partial charge in [-0.1, -0.05) is 6.92 Å². The van der Waals surface area contributed by atoms with Crippen LogP contribution in [0.25, 0.3) is 0 Å². The summed E-state index contributed by atoms with van der Waals surface area (Å²) in [6, 6.07) is 0.0401. The minimum Gasteiger partial charge on any atom is -0.496 e. The Morgan fingerprint density at radius 1 is 1.39 bits per heavy atom. The number of rotatable bonds is 5. The van der Waals surface area contributed by atoms with Gasteiger partial charge in [-0.3, -0.25) is 9.97 Å². The van der Waals surface area contributed by atoms with E-state index in [4.69, 9.17) is 4.74 Å². The third-order valence-electron chi connectivity index (χ3n) is 2.94. The highest BCUT2D eigenvalue weighted by molar-refractivity contribution is 5.18. The van der Waals surface area contributed by atoms with E-state index in [-0.39, 0.29) is 6.04 Å². The molecule has 0 radical (unpaired) electrons. The van der Waals surface area contributed by atoms with E-state index >= 15 is 0 Å². The van der Waals surface area contributed by atoms with Crippen molar-refractivity contribution in [2.75, 3.05) is 13.2 Å². The minimum absolute atomic E-state index is 0.0401. The average Bonchev–Trinajstić information content (AvgIpc) is 2.42. The quantitative estimate of drug-likeness (QED) is 0.868. The first-order valence-electron chi connectivity index (χ1n) is 6.66. The standard InChI is InChI=1S/C14H21N3O/c1-3-7-15-14(13-6-4-5-8-18-13)12-10-16-11(2)9-17-12/h6,9-10,14-15H,3-5,7-8H2,1-2H3. The molecule has 1 aromatic rings. The molecule has 0 bridgehead atoms. The molecule has 1 aliphatic heterocycles. The summed E-state index contributed by atoms with van der Waals surface area (Å²) in [5, 5.41) is 3.48. The van der Waals surface area contributed by atoms with Crippen molar-refractivity contribution in [3.63, 3.8) is 0 Å². The summed E-state index contributed by atoms with van der Waals surface area (Å²) in [6.07, 6.45) is 9.07. The van der Waals surface area contributed by atoms with Gasteiger partial charge in [-0.25, -0.2) is 0 Å². The summed E-state index contributed by atoms with van der Waals surface area (Å²) in [5.41, 5.74) is 1.87. The molecule has 98 valence electrons. The topological polar surface area (TPSA) is 47.0 Å². The van der Waals surface area contributed by atoms with E-state index in [2.05, 4.69) is 28.3 Å². The van der Waals surface area contributed by atoms with Gasteiger partial charge in [0, 0.05) is 6.20 Å². The van der Waals surface area contributed by atoms with Crippen molar-refractivity contribution in [3.05, 3.63) is 35.6 Å². The Hall–Kier alpha value is -1.42. The molecule has 4 nitrogen and oxygen atoms in total. The van der Waals surface area contributed by atoms with Crippen molar-refractivity contribution >= 4 is 0 Å². The predicted molar refractivity (Wildman–Crippen MR) is 71.1 cm³/mol. The van der Waals surface area contributed by atoms with Gasteiger partial charge in [0.25, 0.3) is 0 Å². The lowest BCUT2D eigenvalue weighted by molar-refractivity contribution is 0.166. The zero-order valence-electron chi connectivity index (χ0n) is 11.1. The Bertz CT molecular complexity index is 400. The van der Waals surface area contributed by atoms with Crippen molar-refractivity contribution in [3.8, 4) is 0 Å². The maximum Gasteiger partial charge on any atom is 0.115 e. The van der Waals surface area contributed by atoms with Gasteiger partial charge in [0.15, 0.2) is 0 Å². The number of nitrogens with one attached hydrogen (secondary N) is 1. The van der Waals surface area contributed by atoms with Gasteiger partial charge in [0.2, 0.25) is 0 Å². The molecular weight excluding hydrogens is 226 g/mol. The van der Waals surface area contributed by atoms with Crippen molar-refractivity contribution in [1.29, 1.82) is 0 Å². The van der Waals surface area contributed by atoms with E-state index in [1.165, 1.54) is 0 Å². The van der Waals surface area contributed by atoms with Gasteiger partial charge in [-0.2, -0.15) is 0 Å². The SMILES string of the molecule is CCCNC(C1=CCCCO1)c1cnc(C)cn1. The van der Waals surface area contributed by atoms with E-state index in [9.17, 15) is 0 Å². The summed E-state index contributed by atoms with van der Waals surface area (Å²) < 4.78 is 5.75. The van der Waals surface area contributed by atoms with Crippen LogP contribution in [0.1, 0.15) is 43.6 Å². The first-order valence-corrected chi connectivity index (χ1v) is 6.66.